The van der Waals surface area contributed by atoms with E-state index in [-0.39, 0.29) is 0 Å². The zero-order valence-corrected chi connectivity index (χ0v) is 9.94. The van der Waals surface area contributed by atoms with Crippen molar-refractivity contribution in [2.45, 2.75) is 39.0 Å². The molecule has 1 N–H and O–H groups in total. The molecule has 1 rings (SSSR count). The summed E-state index contributed by atoms with van der Waals surface area (Å²) in [6, 6.07) is 0. The third-order valence-corrected chi connectivity index (χ3v) is 3.68. The predicted octanol–water partition coefficient (Wildman–Crippen LogP) is 2.44. The van der Waals surface area contributed by atoms with Gasteiger partial charge in [-0.1, -0.05) is 19.8 Å². The van der Waals surface area contributed by atoms with E-state index in [0.29, 0.717) is 5.41 Å². The lowest BCUT2D eigenvalue weighted by Gasteiger charge is -2.45. The highest BCUT2D eigenvalue weighted by Crippen LogP contribution is 2.44. The van der Waals surface area contributed by atoms with Gasteiger partial charge in [0.25, 0.3) is 0 Å². The number of methoxy groups -OCH3 is 1. The van der Waals surface area contributed by atoms with Gasteiger partial charge >= 0.3 is 0 Å². The summed E-state index contributed by atoms with van der Waals surface area (Å²) >= 11 is 0. The van der Waals surface area contributed by atoms with Crippen LogP contribution in [0, 0.1) is 11.3 Å². The lowest BCUT2D eigenvalue weighted by atomic mass is 9.63. The molecule has 0 aromatic heterocycles. The molecule has 0 radical (unpaired) electrons. The van der Waals surface area contributed by atoms with Crippen molar-refractivity contribution < 1.29 is 4.74 Å². The van der Waals surface area contributed by atoms with Crippen molar-refractivity contribution in [2.75, 3.05) is 27.3 Å². The van der Waals surface area contributed by atoms with E-state index in [9.17, 15) is 0 Å². The summed E-state index contributed by atoms with van der Waals surface area (Å²) in [6.45, 7) is 4.31. The predicted molar refractivity (Wildman–Crippen MR) is 60.5 cm³/mol. The molecule has 1 fully saturated rings. The Bertz CT molecular complexity index is 137. The molecule has 1 aliphatic carbocycles. The summed E-state index contributed by atoms with van der Waals surface area (Å²) in [5, 5.41) is 3.35. The van der Waals surface area contributed by atoms with E-state index in [1.807, 2.05) is 7.11 Å². The third kappa shape index (κ3) is 2.48. The average Bonchev–Trinajstić information content (AvgIpc) is 2.02. The Morgan fingerprint density at radius 1 is 1.43 bits per heavy atom. The van der Waals surface area contributed by atoms with Gasteiger partial charge in [0.1, 0.15) is 0 Å². The van der Waals surface area contributed by atoms with Crippen molar-refractivity contribution in [1.29, 1.82) is 0 Å². The lowest BCUT2D eigenvalue weighted by Crippen LogP contribution is -2.45. The van der Waals surface area contributed by atoms with Gasteiger partial charge in [-0.25, -0.2) is 0 Å². The SMILES string of the molecule is CCCC(CNC)(COC)C1CCC1. The molecule has 0 aliphatic heterocycles. The van der Waals surface area contributed by atoms with Gasteiger partial charge in [-0.3, -0.25) is 0 Å². The molecule has 1 atom stereocenters. The molecule has 0 aromatic rings. The minimum absolute atomic E-state index is 0.413. The molecule has 0 heterocycles. The van der Waals surface area contributed by atoms with Crippen LogP contribution in [0.5, 0.6) is 0 Å². The minimum Gasteiger partial charge on any atom is -0.384 e. The number of ether oxygens (including phenoxy) is 1. The highest BCUT2D eigenvalue weighted by molar-refractivity contribution is 4.92. The van der Waals surface area contributed by atoms with Crippen LogP contribution in [0.1, 0.15) is 39.0 Å². The summed E-state index contributed by atoms with van der Waals surface area (Å²) in [7, 11) is 3.89. The zero-order chi connectivity index (χ0) is 10.4. The fourth-order valence-corrected chi connectivity index (χ4v) is 2.84. The van der Waals surface area contributed by atoms with Crippen LogP contribution in [0.15, 0.2) is 0 Å². The molecule has 0 saturated heterocycles. The van der Waals surface area contributed by atoms with Crippen LogP contribution in [0.3, 0.4) is 0 Å². The van der Waals surface area contributed by atoms with E-state index in [2.05, 4.69) is 19.3 Å². The van der Waals surface area contributed by atoms with Gasteiger partial charge in [-0.2, -0.15) is 0 Å². The molecule has 84 valence electrons. The van der Waals surface area contributed by atoms with Crippen LogP contribution in [-0.4, -0.2) is 27.3 Å². The smallest absolute Gasteiger partial charge is 0.0533 e. The maximum absolute atomic E-state index is 5.43. The standard InChI is InChI=1S/C12H25NO/c1-4-8-12(9-13-2,10-14-3)11-6-5-7-11/h11,13H,4-10H2,1-3H3. The van der Waals surface area contributed by atoms with E-state index in [4.69, 9.17) is 4.74 Å². The molecule has 1 aliphatic rings. The Morgan fingerprint density at radius 2 is 2.14 bits per heavy atom. The van der Waals surface area contributed by atoms with E-state index in [1.165, 1.54) is 32.1 Å². The first-order chi connectivity index (χ1) is 6.79. The number of hydrogen-bond acceptors (Lipinski definition) is 2. The maximum atomic E-state index is 5.43. The monoisotopic (exact) mass is 199 g/mol. The fraction of sp³-hybridized carbons (Fsp3) is 1.00. The molecule has 14 heavy (non-hydrogen) atoms. The second-order valence-corrected chi connectivity index (χ2v) is 4.70. The van der Waals surface area contributed by atoms with Crippen molar-refractivity contribution in [1.82, 2.24) is 5.32 Å². The topological polar surface area (TPSA) is 21.3 Å². The van der Waals surface area contributed by atoms with Crippen LogP contribution < -0.4 is 5.32 Å². The number of rotatable bonds is 7. The van der Waals surface area contributed by atoms with Crippen LogP contribution in [0.4, 0.5) is 0 Å². The molecule has 0 amide bonds. The summed E-state index contributed by atoms with van der Waals surface area (Å²) in [5.74, 6) is 0.898. The number of hydrogen-bond donors (Lipinski definition) is 1. The fourth-order valence-electron chi connectivity index (χ4n) is 2.84. The largest absolute Gasteiger partial charge is 0.384 e. The Kier molecular flexibility index (Phi) is 4.90. The zero-order valence-electron chi connectivity index (χ0n) is 9.94. The Morgan fingerprint density at radius 3 is 2.50 bits per heavy atom. The number of nitrogens with one attached hydrogen (secondary N) is 1. The second kappa shape index (κ2) is 5.72. The van der Waals surface area contributed by atoms with Gasteiger partial charge in [0.05, 0.1) is 6.61 Å². The van der Waals surface area contributed by atoms with Crippen molar-refractivity contribution >= 4 is 0 Å². The quantitative estimate of drug-likeness (QED) is 0.680. The van der Waals surface area contributed by atoms with E-state index in [1.54, 1.807) is 0 Å². The van der Waals surface area contributed by atoms with Gasteiger partial charge in [0.15, 0.2) is 0 Å². The van der Waals surface area contributed by atoms with Crippen LogP contribution in [-0.2, 0) is 4.74 Å². The molecule has 1 unspecified atom stereocenters. The average molecular weight is 199 g/mol. The summed E-state index contributed by atoms with van der Waals surface area (Å²) in [6.07, 6.45) is 6.80. The highest BCUT2D eigenvalue weighted by atomic mass is 16.5. The highest BCUT2D eigenvalue weighted by Gasteiger charge is 2.40. The van der Waals surface area contributed by atoms with E-state index in [0.717, 1.165) is 19.1 Å². The lowest BCUT2D eigenvalue weighted by molar-refractivity contribution is -0.00786. The van der Waals surface area contributed by atoms with Crippen LogP contribution in [0.2, 0.25) is 0 Å². The van der Waals surface area contributed by atoms with Gasteiger partial charge in [0.2, 0.25) is 0 Å². The Hall–Kier alpha value is -0.0800. The maximum Gasteiger partial charge on any atom is 0.0533 e. The molecule has 0 bridgehead atoms. The first kappa shape index (κ1) is 12.0. The third-order valence-electron chi connectivity index (χ3n) is 3.68. The molecular formula is C12H25NO. The summed E-state index contributed by atoms with van der Waals surface area (Å²) in [4.78, 5) is 0. The Balaban J connectivity index is 2.60. The molecule has 0 aromatic carbocycles. The van der Waals surface area contributed by atoms with E-state index < -0.39 is 0 Å². The molecule has 0 spiro atoms. The van der Waals surface area contributed by atoms with Crippen molar-refractivity contribution in [3.63, 3.8) is 0 Å². The molecule has 1 saturated carbocycles. The van der Waals surface area contributed by atoms with Gasteiger partial charge in [0, 0.05) is 19.1 Å². The first-order valence-electron chi connectivity index (χ1n) is 5.92. The summed E-state index contributed by atoms with van der Waals surface area (Å²) in [5.41, 5.74) is 0.413. The second-order valence-electron chi connectivity index (χ2n) is 4.70. The van der Waals surface area contributed by atoms with Gasteiger partial charge in [-0.05, 0) is 32.2 Å². The van der Waals surface area contributed by atoms with Gasteiger partial charge < -0.3 is 10.1 Å². The van der Waals surface area contributed by atoms with Crippen LogP contribution in [0.25, 0.3) is 0 Å². The van der Waals surface area contributed by atoms with Crippen molar-refractivity contribution in [2.24, 2.45) is 11.3 Å². The van der Waals surface area contributed by atoms with Crippen molar-refractivity contribution in [3.05, 3.63) is 0 Å². The first-order valence-corrected chi connectivity index (χ1v) is 5.92. The van der Waals surface area contributed by atoms with Crippen LogP contribution >= 0.6 is 0 Å². The van der Waals surface area contributed by atoms with Crippen molar-refractivity contribution in [3.8, 4) is 0 Å². The molecular weight excluding hydrogens is 174 g/mol. The normalized spacial score (nSPS) is 21.6. The van der Waals surface area contributed by atoms with E-state index >= 15 is 0 Å². The minimum atomic E-state index is 0.413. The molecule has 2 nitrogen and oxygen atoms in total. The van der Waals surface area contributed by atoms with Gasteiger partial charge in [-0.15, -0.1) is 0 Å². The summed E-state index contributed by atoms with van der Waals surface area (Å²) < 4.78 is 5.43. The Labute approximate surface area is 88.4 Å². The molecule has 2 heteroatoms.